The number of piperazine rings is 1. The van der Waals surface area contributed by atoms with E-state index in [0.717, 1.165) is 57.4 Å². The minimum atomic E-state index is -0.165. The molecule has 5 aliphatic rings. The zero-order valence-corrected chi connectivity index (χ0v) is 23.9. The van der Waals surface area contributed by atoms with Gasteiger partial charge in [-0.1, -0.05) is 27.7 Å². The number of nitrogens with zero attached hydrogens (tertiary/aromatic N) is 2. The largest absolute Gasteiger partial charge is 0.340 e. The Kier molecular flexibility index (Phi) is 7.64. The molecule has 0 aromatic rings. The molecule has 0 aromatic carbocycles. The first-order chi connectivity index (χ1) is 17.2. The van der Waals surface area contributed by atoms with Crippen molar-refractivity contribution in [2.75, 3.05) is 39.8 Å². The fourth-order valence-corrected chi connectivity index (χ4v) is 10.1. The first-order valence-electron chi connectivity index (χ1n) is 15.4. The van der Waals surface area contributed by atoms with Crippen LogP contribution in [0.1, 0.15) is 91.9 Å². The normalized spacial score (nSPS) is 44.0. The van der Waals surface area contributed by atoms with Gasteiger partial charge >= 0.3 is 0 Å². The number of Topliss-reactive ketones (excluding diaryl/α,β-unsaturated/α-hetero) is 1. The molecule has 1 amide bonds. The predicted octanol–water partition coefficient (Wildman–Crippen LogP) is 4.99. The topological polar surface area (TPSA) is 52.7 Å². The summed E-state index contributed by atoms with van der Waals surface area (Å²) in [6.07, 6.45) is 11.4. The van der Waals surface area contributed by atoms with E-state index in [-0.39, 0.29) is 5.41 Å². The van der Waals surface area contributed by atoms with E-state index in [9.17, 15) is 9.59 Å². The molecule has 0 aromatic heterocycles. The van der Waals surface area contributed by atoms with E-state index in [1.807, 2.05) is 0 Å². The number of hydrogen-bond donors (Lipinski definition) is 1. The number of likely N-dealkylation sites (N-methyl/N-ethyl adjacent to an activating group) is 1. The van der Waals surface area contributed by atoms with Crippen LogP contribution in [0.2, 0.25) is 0 Å². The Balaban J connectivity index is 1.24. The smallest absolute Gasteiger partial charge is 0.222 e. The summed E-state index contributed by atoms with van der Waals surface area (Å²) in [7, 11) is 2.13. The molecular formula is C31H53N3O2. The Hall–Kier alpha value is -0.940. The van der Waals surface area contributed by atoms with Gasteiger partial charge in [0, 0.05) is 50.5 Å². The number of hydrogen-bond acceptors (Lipinski definition) is 4. The lowest BCUT2D eigenvalue weighted by molar-refractivity contribution is -0.158. The van der Waals surface area contributed by atoms with Gasteiger partial charge in [-0.2, -0.15) is 0 Å². The summed E-state index contributed by atoms with van der Waals surface area (Å²) in [6.45, 7) is 14.2. The Morgan fingerprint density at radius 3 is 2.53 bits per heavy atom. The van der Waals surface area contributed by atoms with Gasteiger partial charge in [0.2, 0.25) is 5.91 Å². The highest BCUT2D eigenvalue weighted by molar-refractivity contribution is 5.87. The molecule has 0 unspecified atom stereocenters. The van der Waals surface area contributed by atoms with Crippen molar-refractivity contribution in [3.63, 3.8) is 0 Å². The second-order valence-electron chi connectivity index (χ2n) is 14.0. The predicted molar refractivity (Wildman–Crippen MR) is 146 cm³/mol. The van der Waals surface area contributed by atoms with Crippen LogP contribution < -0.4 is 5.32 Å². The summed E-state index contributed by atoms with van der Waals surface area (Å²) < 4.78 is 0. The van der Waals surface area contributed by atoms with Crippen LogP contribution in [-0.4, -0.2) is 67.3 Å². The van der Waals surface area contributed by atoms with Crippen molar-refractivity contribution in [1.82, 2.24) is 15.1 Å². The van der Waals surface area contributed by atoms with Gasteiger partial charge in [0.05, 0.1) is 0 Å². The third-order valence-corrected chi connectivity index (χ3v) is 12.4. The first kappa shape index (κ1) is 26.7. The van der Waals surface area contributed by atoms with Crippen LogP contribution in [0, 0.1) is 46.3 Å². The highest BCUT2D eigenvalue weighted by Crippen LogP contribution is 2.67. The van der Waals surface area contributed by atoms with Gasteiger partial charge in [0.25, 0.3) is 0 Å². The van der Waals surface area contributed by atoms with E-state index in [0.29, 0.717) is 53.2 Å². The van der Waals surface area contributed by atoms with Crippen molar-refractivity contribution in [3.05, 3.63) is 0 Å². The molecule has 5 fully saturated rings. The molecule has 1 heterocycles. The average molecular weight is 500 g/mol. The van der Waals surface area contributed by atoms with Crippen molar-refractivity contribution in [1.29, 1.82) is 0 Å². The molecule has 0 radical (unpaired) electrons. The van der Waals surface area contributed by atoms with Crippen LogP contribution in [-0.2, 0) is 9.59 Å². The number of nitrogens with one attached hydrogen (secondary N) is 1. The van der Waals surface area contributed by atoms with E-state index in [1.54, 1.807) is 0 Å². The molecular weight excluding hydrogens is 446 g/mol. The van der Waals surface area contributed by atoms with E-state index in [4.69, 9.17) is 0 Å². The highest BCUT2D eigenvalue weighted by atomic mass is 16.2. The van der Waals surface area contributed by atoms with Gasteiger partial charge < -0.3 is 15.1 Å². The molecule has 4 aliphatic carbocycles. The number of carbonyl (C=O) groups excluding carboxylic acids is 2. The standard InChI is InChI=1S/C31H53N3O2/c1-6-32-23-13-14-30(3)22(19-23)8-9-24-26-11-10-25(31(26,4)28(35)20-27(24)30)21(2)7-12-29(36)34-17-15-33(5)16-18-34/h21-27,32H,6-20H2,1-5H3/t21-,22-,23+,24+,25-,26+,27+,30+,31-/m1/s1. The SMILES string of the molecule is CCN[C@H]1CC[C@@]2(C)[C@H](CC[C@@H]3[C@@H]2CC(=O)[C@]2(C)[C@@H]([C@H](C)CCC(=O)N4CCN(C)CC4)CC[C@@H]32)C1. The molecule has 5 nitrogen and oxygen atoms in total. The second-order valence-corrected chi connectivity index (χ2v) is 14.0. The molecule has 204 valence electrons. The van der Waals surface area contributed by atoms with Crippen molar-refractivity contribution >= 4 is 11.7 Å². The minimum Gasteiger partial charge on any atom is -0.340 e. The van der Waals surface area contributed by atoms with E-state index in [1.165, 1.54) is 44.9 Å². The Morgan fingerprint density at radius 2 is 1.81 bits per heavy atom. The van der Waals surface area contributed by atoms with Crippen molar-refractivity contribution in [2.45, 2.75) is 97.9 Å². The van der Waals surface area contributed by atoms with Crippen molar-refractivity contribution in [2.24, 2.45) is 46.3 Å². The lowest BCUT2D eigenvalue weighted by Crippen LogP contribution is -2.58. The first-order valence-corrected chi connectivity index (χ1v) is 15.4. The quantitative estimate of drug-likeness (QED) is 0.559. The summed E-state index contributed by atoms with van der Waals surface area (Å²) in [4.78, 5) is 31.3. The van der Waals surface area contributed by atoms with Crippen LogP contribution in [0.4, 0.5) is 0 Å². The third kappa shape index (κ3) is 4.48. The number of fused-ring (bicyclic) bond motifs is 5. The van der Waals surface area contributed by atoms with Crippen LogP contribution in [0.15, 0.2) is 0 Å². The molecule has 36 heavy (non-hydrogen) atoms. The molecule has 1 N–H and O–H groups in total. The molecule has 5 rings (SSSR count). The van der Waals surface area contributed by atoms with Crippen LogP contribution in [0.5, 0.6) is 0 Å². The second kappa shape index (κ2) is 10.3. The minimum absolute atomic E-state index is 0.165. The maximum atomic E-state index is 14.1. The van der Waals surface area contributed by atoms with E-state index < -0.39 is 0 Å². The van der Waals surface area contributed by atoms with Crippen LogP contribution >= 0.6 is 0 Å². The van der Waals surface area contributed by atoms with Crippen molar-refractivity contribution in [3.8, 4) is 0 Å². The molecule has 1 aliphatic heterocycles. The Bertz CT molecular complexity index is 823. The zero-order valence-electron chi connectivity index (χ0n) is 23.9. The van der Waals surface area contributed by atoms with Gasteiger partial charge in [-0.3, -0.25) is 9.59 Å². The lowest BCUT2D eigenvalue weighted by atomic mass is 9.44. The summed E-state index contributed by atoms with van der Waals surface area (Å²) >= 11 is 0. The van der Waals surface area contributed by atoms with E-state index >= 15 is 0 Å². The van der Waals surface area contributed by atoms with Gasteiger partial charge in [-0.15, -0.1) is 0 Å². The molecule has 9 atom stereocenters. The Labute approximate surface area is 220 Å². The molecule has 0 bridgehead atoms. The fraction of sp³-hybridized carbons (Fsp3) is 0.935. The monoisotopic (exact) mass is 499 g/mol. The summed E-state index contributed by atoms with van der Waals surface area (Å²) in [5.74, 6) is 4.46. The van der Waals surface area contributed by atoms with Gasteiger partial charge in [0.1, 0.15) is 5.78 Å². The maximum absolute atomic E-state index is 14.1. The Morgan fingerprint density at radius 1 is 1.06 bits per heavy atom. The number of carbonyl (C=O) groups is 2. The highest BCUT2D eigenvalue weighted by Gasteiger charge is 2.63. The summed E-state index contributed by atoms with van der Waals surface area (Å²) in [5, 5.41) is 3.72. The van der Waals surface area contributed by atoms with Crippen molar-refractivity contribution < 1.29 is 9.59 Å². The third-order valence-electron chi connectivity index (χ3n) is 12.4. The van der Waals surface area contributed by atoms with Gasteiger partial charge in [0.15, 0.2) is 0 Å². The maximum Gasteiger partial charge on any atom is 0.222 e. The van der Waals surface area contributed by atoms with Crippen LogP contribution in [0.25, 0.3) is 0 Å². The molecule has 1 saturated heterocycles. The summed E-state index contributed by atoms with van der Waals surface area (Å²) in [5.41, 5.74) is 0.187. The summed E-state index contributed by atoms with van der Waals surface area (Å²) in [6, 6.07) is 0.680. The zero-order chi connectivity index (χ0) is 25.7. The number of rotatable bonds is 6. The van der Waals surface area contributed by atoms with Gasteiger partial charge in [-0.25, -0.2) is 0 Å². The van der Waals surface area contributed by atoms with E-state index in [2.05, 4.69) is 49.9 Å². The molecule has 4 saturated carbocycles. The van der Waals surface area contributed by atoms with Gasteiger partial charge in [-0.05, 0) is 106 Å². The number of ketones is 1. The van der Waals surface area contributed by atoms with Crippen LogP contribution in [0.3, 0.4) is 0 Å². The molecule has 0 spiro atoms. The number of amides is 1. The average Bonchev–Trinajstić information content (AvgIpc) is 3.22. The lowest BCUT2D eigenvalue weighted by Gasteiger charge is -2.60. The molecule has 5 heteroatoms. The fourth-order valence-electron chi connectivity index (χ4n) is 10.1.